The number of rotatable bonds is 4. The molecule has 1 amide bonds. The maximum Gasteiger partial charge on any atom is 0.407 e. The number of anilines is 2. The van der Waals surface area contributed by atoms with Crippen molar-refractivity contribution in [3.63, 3.8) is 0 Å². The molecule has 2 atom stereocenters. The summed E-state index contributed by atoms with van der Waals surface area (Å²) >= 11 is 0. The fourth-order valence-electron chi connectivity index (χ4n) is 3.01. The van der Waals surface area contributed by atoms with Crippen LogP contribution in [0.5, 0.6) is 0 Å². The molecule has 0 radical (unpaired) electrons. The molecule has 0 aromatic carbocycles. The van der Waals surface area contributed by atoms with E-state index in [1.165, 1.54) is 0 Å². The fourth-order valence-corrected chi connectivity index (χ4v) is 3.01. The first-order valence-corrected chi connectivity index (χ1v) is 8.60. The van der Waals surface area contributed by atoms with Crippen LogP contribution in [0.2, 0.25) is 0 Å². The van der Waals surface area contributed by atoms with Crippen molar-refractivity contribution in [3.05, 3.63) is 36.3 Å². The maximum atomic E-state index is 11.9. The van der Waals surface area contributed by atoms with Gasteiger partial charge < -0.3 is 15.4 Å². The molecule has 1 aliphatic rings. The van der Waals surface area contributed by atoms with E-state index in [1.807, 2.05) is 39.0 Å². The Kier molecular flexibility index (Phi) is 4.92. The Morgan fingerprint density at radius 1 is 1.28 bits per heavy atom. The summed E-state index contributed by atoms with van der Waals surface area (Å²) in [5.41, 5.74) is 1.73. The number of H-pyrrole nitrogens is 1. The first-order chi connectivity index (χ1) is 11.9. The topological polar surface area (TPSA) is 91.9 Å². The third-order valence-corrected chi connectivity index (χ3v) is 4.13. The second-order valence-corrected chi connectivity index (χ2v) is 7.48. The normalized spacial score (nSPS) is 20.3. The average molecular weight is 343 g/mol. The van der Waals surface area contributed by atoms with Gasteiger partial charge in [-0.05, 0) is 52.2 Å². The number of alkyl carbamates (subject to hydrolysis) is 1. The summed E-state index contributed by atoms with van der Waals surface area (Å²) in [5, 5.41) is 13.5. The number of carbonyl (C=O) groups is 1. The molecular weight excluding hydrogens is 318 g/mol. The van der Waals surface area contributed by atoms with Crippen LogP contribution in [0.3, 0.4) is 0 Å². The van der Waals surface area contributed by atoms with Gasteiger partial charge in [-0.2, -0.15) is 5.10 Å². The molecule has 1 saturated carbocycles. The molecule has 2 aromatic heterocycles. The second-order valence-electron chi connectivity index (χ2n) is 7.48. The number of nitrogens with zero attached hydrogens (tertiary/aromatic N) is 2. The highest BCUT2D eigenvalue weighted by atomic mass is 16.6. The van der Waals surface area contributed by atoms with Gasteiger partial charge in [0.1, 0.15) is 6.10 Å². The summed E-state index contributed by atoms with van der Waals surface area (Å²) in [5.74, 6) is 1.10. The summed E-state index contributed by atoms with van der Waals surface area (Å²) in [7, 11) is 0. The fraction of sp³-hybridized carbons (Fsp3) is 0.500. The van der Waals surface area contributed by atoms with E-state index >= 15 is 0 Å². The number of carbonyl (C=O) groups excluding carboxylic acids is 1. The average Bonchev–Trinajstić information content (AvgIpc) is 3.15. The van der Waals surface area contributed by atoms with Crippen LogP contribution in [0.15, 0.2) is 30.6 Å². The van der Waals surface area contributed by atoms with Gasteiger partial charge in [0.2, 0.25) is 0 Å². The van der Waals surface area contributed by atoms with E-state index in [2.05, 4.69) is 25.8 Å². The quantitative estimate of drug-likeness (QED) is 0.787. The third-order valence-electron chi connectivity index (χ3n) is 4.13. The van der Waals surface area contributed by atoms with E-state index < -0.39 is 0 Å². The van der Waals surface area contributed by atoms with Crippen molar-refractivity contribution in [2.24, 2.45) is 0 Å². The van der Waals surface area contributed by atoms with Crippen LogP contribution < -0.4 is 10.6 Å². The van der Waals surface area contributed by atoms with Crippen LogP contribution >= 0.6 is 0 Å². The minimum atomic E-state index is -0.345. The van der Waals surface area contributed by atoms with Crippen LogP contribution in [0.4, 0.5) is 16.3 Å². The van der Waals surface area contributed by atoms with Gasteiger partial charge in [-0.25, -0.2) is 4.79 Å². The summed E-state index contributed by atoms with van der Waals surface area (Å²) in [6, 6.07) is 5.80. The van der Waals surface area contributed by atoms with Crippen LogP contribution in [0.1, 0.15) is 51.6 Å². The second kappa shape index (κ2) is 7.13. The zero-order chi connectivity index (χ0) is 17.9. The van der Waals surface area contributed by atoms with Crippen molar-refractivity contribution < 1.29 is 9.53 Å². The minimum Gasteiger partial charge on any atom is -0.446 e. The number of amides is 1. The van der Waals surface area contributed by atoms with E-state index in [0.29, 0.717) is 5.92 Å². The van der Waals surface area contributed by atoms with Gasteiger partial charge >= 0.3 is 6.09 Å². The number of pyridine rings is 1. The molecule has 1 aliphatic carbocycles. The molecule has 0 unspecified atom stereocenters. The summed E-state index contributed by atoms with van der Waals surface area (Å²) in [4.78, 5) is 15.9. The summed E-state index contributed by atoms with van der Waals surface area (Å²) in [6.07, 6.45) is 5.73. The predicted molar refractivity (Wildman–Crippen MR) is 95.9 cm³/mol. The molecule has 3 N–H and O–H groups in total. The highest BCUT2D eigenvalue weighted by Gasteiger charge is 2.30. The van der Waals surface area contributed by atoms with E-state index in [0.717, 1.165) is 36.5 Å². The Balaban J connectivity index is 1.53. The minimum absolute atomic E-state index is 0.0488. The van der Waals surface area contributed by atoms with Gasteiger partial charge in [0.25, 0.3) is 0 Å². The molecule has 0 saturated heterocycles. The molecule has 25 heavy (non-hydrogen) atoms. The Hall–Kier alpha value is -2.57. The number of ether oxygens (including phenoxy) is 1. The molecule has 1 fully saturated rings. The Labute approximate surface area is 147 Å². The number of hydrogen-bond donors (Lipinski definition) is 3. The van der Waals surface area contributed by atoms with Crippen LogP contribution in [-0.2, 0) is 4.74 Å². The van der Waals surface area contributed by atoms with Crippen molar-refractivity contribution in [1.29, 1.82) is 0 Å². The third kappa shape index (κ3) is 4.95. The van der Waals surface area contributed by atoms with Gasteiger partial charge in [-0.15, -0.1) is 0 Å². The molecular formula is C18H25N5O2. The number of aromatic nitrogens is 3. The zero-order valence-corrected chi connectivity index (χ0v) is 14.9. The predicted octanol–water partition coefficient (Wildman–Crippen LogP) is 3.71. The SMILES string of the molecule is CC(C)(C)NC(=O)O[C@@H]1CC[C@H](c2cc(Nc3ccncc3)n[nH]2)C1. The summed E-state index contributed by atoms with van der Waals surface area (Å²) in [6.45, 7) is 5.81. The highest BCUT2D eigenvalue weighted by Crippen LogP contribution is 2.36. The number of nitrogens with one attached hydrogen (secondary N) is 3. The maximum absolute atomic E-state index is 11.9. The Bertz CT molecular complexity index is 708. The van der Waals surface area contributed by atoms with Gasteiger partial charge in [-0.1, -0.05) is 0 Å². The lowest BCUT2D eigenvalue weighted by atomic mass is 10.0. The lowest BCUT2D eigenvalue weighted by Crippen LogP contribution is -2.42. The van der Waals surface area contributed by atoms with Crippen molar-refractivity contribution in [3.8, 4) is 0 Å². The van der Waals surface area contributed by atoms with Crippen molar-refractivity contribution in [1.82, 2.24) is 20.5 Å². The smallest absolute Gasteiger partial charge is 0.407 e. The van der Waals surface area contributed by atoms with Crippen LogP contribution in [0.25, 0.3) is 0 Å². The standard InChI is InChI=1S/C18H25N5O2/c1-18(2,3)21-17(24)25-14-5-4-12(10-14)15-11-16(23-22-15)20-13-6-8-19-9-7-13/h6-9,11-12,14H,4-5,10H2,1-3H3,(H,21,24)(H2,19,20,22,23)/t12-,14+/m0/s1. The van der Waals surface area contributed by atoms with Gasteiger partial charge in [0, 0.05) is 41.3 Å². The van der Waals surface area contributed by atoms with Gasteiger partial charge in [-0.3, -0.25) is 10.1 Å². The van der Waals surface area contributed by atoms with E-state index in [4.69, 9.17) is 4.74 Å². The molecule has 7 heteroatoms. The molecule has 0 bridgehead atoms. The van der Waals surface area contributed by atoms with Gasteiger partial charge in [0.05, 0.1) is 0 Å². The molecule has 7 nitrogen and oxygen atoms in total. The van der Waals surface area contributed by atoms with E-state index in [9.17, 15) is 4.79 Å². The van der Waals surface area contributed by atoms with E-state index in [1.54, 1.807) is 12.4 Å². The first kappa shape index (κ1) is 17.3. The van der Waals surface area contributed by atoms with Crippen molar-refractivity contribution >= 4 is 17.6 Å². The molecule has 2 heterocycles. The monoisotopic (exact) mass is 343 g/mol. The highest BCUT2D eigenvalue weighted by molar-refractivity contribution is 5.68. The van der Waals surface area contributed by atoms with Crippen molar-refractivity contribution in [2.45, 2.75) is 57.6 Å². The molecule has 0 aliphatic heterocycles. The molecule has 3 rings (SSSR count). The van der Waals surface area contributed by atoms with Gasteiger partial charge in [0.15, 0.2) is 5.82 Å². The molecule has 134 valence electrons. The lowest BCUT2D eigenvalue weighted by Gasteiger charge is -2.22. The van der Waals surface area contributed by atoms with Crippen LogP contribution in [-0.4, -0.2) is 32.9 Å². The Morgan fingerprint density at radius 3 is 2.76 bits per heavy atom. The number of aromatic amines is 1. The summed E-state index contributed by atoms with van der Waals surface area (Å²) < 4.78 is 5.53. The molecule has 0 spiro atoms. The lowest BCUT2D eigenvalue weighted by molar-refractivity contribution is 0.0937. The van der Waals surface area contributed by atoms with E-state index in [-0.39, 0.29) is 17.7 Å². The molecule has 2 aromatic rings. The Morgan fingerprint density at radius 2 is 2.04 bits per heavy atom. The van der Waals surface area contributed by atoms with Crippen LogP contribution in [0, 0.1) is 0 Å². The zero-order valence-electron chi connectivity index (χ0n) is 14.9. The number of hydrogen-bond acceptors (Lipinski definition) is 5. The first-order valence-electron chi connectivity index (χ1n) is 8.60. The largest absolute Gasteiger partial charge is 0.446 e. The van der Waals surface area contributed by atoms with Crippen molar-refractivity contribution in [2.75, 3.05) is 5.32 Å².